The van der Waals surface area contributed by atoms with Gasteiger partial charge in [0.2, 0.25) is 11.9 Å². The van der Waals surface area contributed by atoms with Crippen LogP contribution in [0.2, 0.25) is 0 Å². The summed E-state index contributed by atoms with van der Waals surface area (Å²) in [5, 5.41) is 2.62. The number of H-pyrrole nitrogens is 1. The molecule has 0 saturated heterocycles. The first-order chi connectivity index (χ1) is 9.63. The van der Waals surface area contributed by atoms with Gasteiger partial charge in [0.05, 0.1) is 0 Å². The predicted molar refractivity (Wildman–Crippen MR) is 72.9 cm³/mol. The molecular formula is C14H13N3O3. The molecule has 0 saturated carbocycles. The molecule has 102 valence electrons. The maximum Gasteiger partial charge on any atom is 0.252 e. The number of aryl methyl sites for hydroxylation is 1. The van der Waals surface area contributed by atoms with Gasteiger partial charge in [-0.3, -0.25) is 19.9 Å². The normalized spacial score (nSPS) is 16.4. The Kier molecular flexibility index (Phi) is 2.98. The number of ether oxygens (including phenoxy) is 1. The van der Waals surface area contributed by atoms with Crippen molar-refractivity contribution >= 4 is 11.9 Å². The Balaban J connectivity index is 1.83. The standard InChI is InChI=1S/C14H13N3O3/c1-8-6-12(18)16-14(15-8)17-13(19)10-7-20-11-5-3-2-4-9(10)11/h2-6,10H,7H2,1H3,(H2,15,16,17,18,19). The molecule has 1 unspecified atom stereocenters. The van der Waals surface area contributed by atoms with Gasteiger partial charge < -0.3 is 4.74 Å². The molecule has 0 bridgehead atoms. The van der Waals surface area contributed by atoms with Crippen molar-refractivity contribution in [2.45, 2.75) is 12.8 Å². The lowest BCUT2D eigenvalue weighted by atomic mass is 10.0. The molecule has 1 amide bonds. The first-order valence-corrected chi connectivity index (χ1v) is 6.24. The van der Waals surface area contributed by atoms with Gasteiger partial charge in [0, 0.05) is 17.3 Å². The lowest BCUT2D eigenvalue weighted by Crippen LogP contribution is -2.25. The number of nitrogens with one attached hydrogen (secondary N) is 2. The molecule has 1 aromatic heterocycles. The highest BCUT2D eigenvalue weighted by Crippen LogP contribution is 2.33. The van der Waals surface area contributed by atoms with Crippen molar-refractivity contribution in [2.75, 3.05) is 11.9 Å². The van der Waals surface area contributed by atoms with Crippen LogP contribution in [0.4, 0.5) is 5.95 Å². The van der Waals surface area contributed by atoms with Gasteiger partial charge in [-0.25, -0.2) is 4.98 Å². The van der Waals surface area contributed by atoms with Crippen LogP contribution in [0.5, 0.6) is 5.75 Å². The van der Waals surface area contributed by atoms with Crippen LogP contribution in [-0.4, -0.2) is 22.5 Å². The second-order valence-corrected chi connectivity index (χ2v) is 4.63. The van der Waals surface area contributed by atoms with Crippen molar-refractivity contribution in [3.63, 3.8) is 0 Å². The molecule has 1 aromatic carbocycles. The van der Waals surface area contributed by atoms with E-state index in [9.17, 15) is 9.59 Å². The molecule has 0 radical (unpaired) electrons. The van der Waals surface area contributed by atoms with Crippen LogP contribution in [0.1, 0.15) is 17.2 Å². The largest absolute Gasteiger partial charge is 0.492 e. The number of carbonyl (C=O) groups is 1. The molecule has 1 aliphatic heterocycles. The smallest absolute Gasteiger partial charge is 0.252 e. The molecule has 1 atom stereocenters. The second-order valence-electron chi connectivity index (χ2n) is 4.63. The summed E-state index contributed by atoms with van der Waals surface area (Å²) in [6, 6.07) is 8.78. The number of fused-ring (bicyclic) bond motifs is 1. The van der Waals surface area contributed by atoms with Crippen molar-refractivity contribution in [2.24, 2.45) is 0 Å². The number of benzene rings is 1. The van der Waals surface area contributed by atoms with Crippen LogP contribution in [-0.2, 0) is 4.79 Å². The average molecular weight is 271 g/mol. The molecule has 6 heteroatoms. The molecule has 2 heterocycles. The molecule has 2 aromatic rings. The number of hydrogen-bond acceptors (Lipinski definition) is 4. The summed E-state index contributed by atoms with van der Waals surface area (Å²) in [6.45, 7) is 1.99. The zero-order valence-corrected chi connectivity index (χ0v) is 10.8. The van der Waals surface area contributed by atoms with E-state index in [0.29, 0.717) is 12.3 Å². The monoisotopic (exact) mass is 271 g/mol. The van der Waals surface area contributed by atoms with Gasteiger partial charge in [-0.1, -0.05) is 18.2 Å². The SMILES string of the molecule is Cc1cc(=O)[nH]c(NC(=O)C2COc3ccccc32)n1. The van der Waals surface area contributed by atoms with E-state index >= 15 is 0 Å². The summed E-state index contributed by atoms with van der Waals surface area (Å²) in [5.74, 6) is 0.239. The molecule has 3 rings (SSSR count). The van der Waals surface area contributed by atoms with E-state index in [-0.39, 0.29) is 17.4 Å². The van der Waals surface area contributed by atoms with Crippen molar-refractivity contribution in [3.8, 4) is 5.75 Å². The summed E-state index contributed by atoms with van der Waals surface area (Å²) in [5.41, 5.74) is 1.10. The maximum atomic E-state index is 12.2. The molecule has 0 aliphatic carbocycles. The predicted octanol–water partition coefficient (Wildman–Crippen LogP) is 1.19. The first kappa shape index (κ1) is 12.4. The Labute approximate surface area is 114 Å². The van der Waals surface area contributed by atoms with E-state index in [1.165, 1.54) is 6.07 Å². The number of rotatable bonds is 2. The van der Waals surface area contributed by atoms with Crippen LogP contribution in [0.3, 0.4) is 0 Å². The van der Waals surface area contributed by atoms with Crippen LogP contribution in [0.25, 0.3) is 0 Å². The molecule has 2 N–H and O–H groups in total. The number of amides is 1. The first-order valence-electron chi connectivity index (χ1n) is 6.24. The fraction of sp³-hybridized carbons (Fsp3) is 0.214. The summed E-state index contributed by atoms with van der Waals surface area (Å²) in [7, 11) is 0. The number of aromatic amines is 1. The van der Waals surface area contributed by atoms with Gasteiger partial charge in [0.25, 0.3) is 5.56 Å². The third-order valence-corrected chi connectivity index (χ3v) is 3.13. The van der Waals surface area contributed by atoms with E-state index in [2.05, 4.69) is 15.3 Å². The van der Waals surface area contributed by atoms with Crippen molar-refractivity contribution in [1.82, 2.24) is 9.97 Å². The highest BCUT2D eigenvalue weighted by atomic mass is 16.5. The van der Waals surface area contributed by atoms with Gasteiger partial charge in [-0.15, -0.1) is 0 Å². The third kappa shape index (κ3) is 2.27. The topological polar surface area (TPSA) is 84.1 Å². The fourth-order valence-corrected chi connectivity index (χ4v) is 2.22. The van der Waals surface area contributed by atoms with Crippen LogP contribution < -0.4 is 15.6 Å². The van der Waals surface area contributed by atoms with Crippen molar-refractivity contribution in [1.29, 1.82) is 0 Å². The fourth-order valence-electron chi connectivity index (χ4n) is 2.22. The zero-order valence-electron chi connectivity index (χ0n) is 10.8. The number of hydrogen-bond donors (Lipinski definition) is 2. The van der Waals surface area contributed by atoms with Crippen molar-refractivity contribution < 1.29 is 9.53 Å². The number of anilines is 1. The second kappa shape index (κ2) is 4.80. The molecule has 6 nitrogen and oxygen atoms in total. The molecule has 0 spiro atoms. The number of para-hydroxylation sites is 1. The summed E-state index contributed by atoms with van der Waals surface area (Å²) >= 11 is 0. The van der Waals surface area contributed by atoms with E-state index in [0.717, 1.165) is 11.3 Å². The van der Waals surface area contributed by atoms with Crippen LogP contribution in [0, 0.1) is 6.92 Å². The minimum absolute atomic E-state index is 0.157. The minimum atomic E-state index is -0.392. The minimum Gasteiger partial charge on any atom is -0.492 e. The Hall–Kier alpha value is -2.63. The van der Waals surface area contributed by atoms with Crippen LogP contribution in [0.15, 0.2) is 35.1 Å². The average Bonchev–Trinajstić information content (AvgIpc) is 2.81. The Morgan fingerprint density at radius 1 is 1.45 bits per heavy atom. The van der Waals surface area contributed by atoms with Gasteiger partial charge in [0.1, 0.15) is 18.3 Å². The highest BCUT2D eigenvalue weighted by molar-refractivity contribution is 5.95. The maximum absolute atomic E-state index is 12.2. The molecule has 0 fully saturated rings. The van der Waals surface area contributed by atoms with E-state index in [1.54, 1.807) is 6.92 Å². The molecule has 1 aliphatic rings. The number of aromatic nitrogens is 2. The van der Waals surface area contributed by atoms with E-state index in [4.69, 9.17) is 4.74 Å². The van der Waals surface area contributed by atoms with Gasteiger partial charge >= 0.3 is 0 Å². The third-order valence-electron chi connectivity index (χ3n) is 3.13. The van der Waals surface area contributed by atoms with E-state index in [1.807, 2.05) is 24.3 Å². The Morgan fingerprint density at radius 2 is 2.25 bits per heavy atom. The zero-order chi connectivity index (χ0) is 14.1. The van der Waals surface area contributed by atoms with Crippen molar-refractivity contribution in [3.05, 3.63) is 51.9 Å². The molecule has 20 heavy (non-hydrogen) atoms. The van der Waals surface area contributed by atoms with Gasteiger partial charge in [-0.05, 0) is 13.0 Å². The summed E-state index contributed by atoms with van der Waals surface area (Å²) in [4.78, 5) is 30.1. The Bertz CT molecular complexity index is 724. The van der Waals surface area contributed by atoms with Crippen LogP contribution >= 0.6 is 0 Å². The molecular weight excluding hydrogens is 258 g/mol. The number of nitrogens with zero attached hydrogens (tertiary/aromatic N) is 1. The van der Waals surface area contributed by atoms with E-state index < -0.39 is 5.92 Å². The lowest BCUT2D eigenvalue weighted by Gasteiger charge is -2.09. The highest BCUT2D eigenvalue weighted by Gasteiger charge is 2.30. The number of carbonyl (C=O) groups excluding carboxylic acids is 1. The Morgan fingerprint density at radius 3 is 3.05 bits per heavy atom. The van der Waals surface area contributed by atoms with Gasteiger partial charge in [0.15, 0.2) is 0 Å². The quantitative estimate of drug-likeness (QED) is 0.859. The summed E-state index contributed by atoms with van der Waals surface area (Å²) < 4.78 is 5.46. The lowest BCUT2D eigenvalue weighted by molar-refractivity contribution is -0.117. The van der Waals surface area contributed by atoms with Gasteiger partial charge in [-0.2, -0.15) is 0 Å². The summed E-state index contributed by atoms with van der Waals surface area (Å²) in [6.07, 6.45) is 0.